The first kappa shape index (κ1) is 8.11. The first-order chi connectivity index (χ1) is 5.33. The molecule has 3 nitrogen and oxygen atoms in total. The molecule has 11 heavy (non-hydrogen) atoms. The summed E-state index contributed by atoms with van der Waals surface area (Å²) in [5, 5.41) is 0. The highest BCUT2D eigenvalue weighted by atomic mass is 16.1. The Morgan fingerprint density at radius 3 is 2.00 bits per heavy atom. The van der Waals surface area contributed by atoms with Crippen LogP contribution in [-0.2, 0) is 4.79 Å². The molecule has 0 amide bonds. The van der Waals surface area contributed by atoms with Gasteiger partial charge in [-0.15, -0.1) is 0 Å². The van der Waals surface area contributed by atoms with Crippen molar-refractivity contribution in [2.75, 3.05) is 13.1 Å². The van der Waals surface area contributed by atoms with Crippen LogP contribution in [0.25, 0.3) is 0 Å². The largest absolute Gasteiger partial charge is 0.350 e. The van der Waals surface area contributed by atoms with Crippen LogP contribution in [0.5, 0.6) is 0 Å². The molecule has 1 aliphatic heterocycles. The fourth-order valence-electron chi connectivity index (χ4n) is 1.28. The second-order valence-electron chi connectivity index (χ2n) is 2.51. The Labute approximate surface area is 67.3 Å². The standard InChI is InChI=1S/C8H14N2O/c1-3-9-5-6-10(4-2)8(9)7-11/h5-8H,3-4H2,1-2H3. The SMILES string of the molecule is CCN1C=CN(CC)C1C=O. The molecule has 62 valence electrons. The fraction of sp³-hybridized carbons (Fsp3) is 0.625. The zero-order valence-electron chi connectivity index (χ0n) is 7.03. The molecule has 3 heteroatoms. The van der Waals surface area contributed by atoms with E-state index in [9.17, 15) is 4.79 Å². The lowest BCUT2D eigenvalue weighted by Gasteiger charge is -2.26. The maximum absolute atomic E-state index is 10.6. The summed E-state index contributed by atoms with van der Waals surface area (Å²) in [5.41, 5.74) is 0. The minimum Gasteiger partial charge on any atom is -0.350 e. The summed E-state index contributed by atoms with van der Waals surface area (Å²) in [4.78, 5) is 14.6. The molecule has 1 aliphatic rings. The number of likely N-dealkylation sites (N-methyl/N-ethyl adjacent to an activating group) is 2. The first-order valence-electron chi connectivity index (χ1n) is 3.98. The molecule has 1 rings (SSSR count). The molecular weight excluding hydrogens is 140 g/mol. The van der Waals surface area contributed by atoms with E-state index < -0.39 is 0 Å². The number of aldehydes is 1. The van der Waals surface area contributed by atoms with Crippen LogP contribution in [0.4, 0.5) is 0 Å². The van der Waals surface area contributed by atoms with Crippen molar-refractivity contribution in [2.24, 2.45) is 0 Å². The molecule has 0 unspecified atom stereocenters. The second-order valence-corrected chi connectivity index (χ2v) is 2.51. The predicted molar refractivity (Wildman–Crippen MR) is 43.8 cm³/mol. The average molecular weight is 154 g/mol. The van der Waals surface area contributed by atoms with Gasteiger partial charge in [0.2, 0.25) is 0 Å². The van der Waals surface area contributed by atoms with Gasteiger partial charge in [-0.2, -0.15) is 0 Å². The van der Waals surface area contributed by atoms with E-state index in [0.29, 0.717) is 0 Å². The zero-order chi connectivity index (χ0) is 8.27. The number of hydrogen-bond acceptors (Lipinski definition) is 3. The van der Waals surface area contributed by atoms with E-state index >= 15 is 0 Å². The maximum atomic E-state index is 10.6. The maximum Gasteiger partial charge on any atom is 0.162 e. The van der Waals surface area contributed by atoms with Crippen LogP contribution in [0.1, 0.15) is 13.8 Å². The van der Waals surface area contributed by atoms with Gasteiger partial charge < -0.3 is 9.80 Å². The Morgan fingerprint density at radius 1 is 1.27 bits per heavy atom. The van der Waals surface area contributed by atoms with Crippen molar-refractivity contribution in [3.63, 3.8) is 0 Å². The van der Waals surface area contributed by atoms with E-state index in [-0.39, 0.29) is 6.17 Å². The first-order valence-corrected chi connectivity index (χ1v) is 3.98. The summed E-state index contributed by atoms with van der Waals surface area (Å²) >= 11 is 0. The number of rotatable bonds is 3. The highest BCUT2D eigenvalue weighted by Crippen LogP contribution is 2.12. The van der Waals surface area contributed by atoms with Gasteiger partial charge >= 0.3 is 0 Å². The Bertz CT molecular complexity index is 153. The summed E-state index contributed by atoms with van der Waals surface area (Å²) in [7, 11) is 0. The average Bonchev–Trinajstić information content (AvgIpc) is 2.45. The topological polar surface area (TPSA) is 23.6 Å². The molecule has 1 heterocycles. The lowest BCUT2D eigenvalue weighted by atomic mass is 10.4. The van der Waals surface area contributed by atoms with Crippen LogP contribution in [0.2, 0.25) is 0 Å². The van der Waals surface area contributed by atoms with Crippen molar-refractivity contribution in [1.29, 1.82) is 0 Å². The van der Waals surface area contributed by atoms with Gasteiger partial charge in [-0.1, -0.05) is 0 Å². The van der Waals surface area contributed by atoms with E-state index in [0.717, 1.165) is 19.4 Å². The van der Waals surface area contributed by atoms with Gasteiger partial charge in [-0.3, -0.25) is 4.79 Å². The highest BCUT2D eigenvalue weighted by Gasteiger charge is 2.22. The quantitative estimate of drug-likeness (QED) is 0.557. The van der Waals surface area contributed by atoms with Crippen molar-refractivity contribution >= 4 is 6.29 Å². The van der Waals surface area contributed by atoms with Gasteiger partial charge in [0.25, 0.3) is 0 Å². The van der Waals surface area contributed by atoms with Crippen molar-refractivity contribution in [1.82, 2.24) is 9.80 Å². The van der Waals surface area contributed by atoms with Crippen LogP contribution >= 0.6 is 0 Å². The molecule has 0 fully saturated rings. The monoisotopic (exact) mass is 154 g/mol. The summed E-state index contributed by atoms with van der Waals surface area (Å²) in [6.07, 6.45) is 4.84. The van der Waals surface area contributed by atoms with E-state index in [2.05, 4.69) is 0 Å². The van der Waals surface area contributed by atoms with Crippen molar-refractivity contribution < 1.29 is 4.79 Å². The van der Waals surface area contributed by atoms with Gasteiger partial charge in [-0.05, 0) is 13.8 Å². The number of carbonyl (C=O) groups excluding carboxylic acids is 1. The Kier molecular flexibility index (Phi) is 2.52. The third-order valence-electron chi connectivity index (χ3n) is 1.98. The third-order valence-corrected chi connectivity index (χ3v) is 1.98. The molecular formula is C8H14N2O. The predicted octanol–water partition coefficient (Wildman–Crippen LogP) is 0.640. The lowest BCUT2D eigenvalue weighted by molar-refractivity contribution is -0.114. The molecule has 0 radical (unpaired) electrons. The molecule has 0 bridgehead atoms. The Morgan fingerprint density at radius 2 is 1.73 bits per heavy atom. The number of nitrogens with zero attached hydrogens (tertiary/aromatic N) is 2. The summed E-state index contributed by atoms with van der Waals surface area (Å²) in [6, 6.07) is 0. The molecule has 0 saturated carbocycles. The van der Waals surface area contributed by atoms with Gasteiger partial charge in [0.05, 0.1) is 0 Å². The van der Waals surface area contributed by atoms with E-state index in [4.69, 9.17) is 0 Å². The second kappa shape index (κ2) is 3.42. The van der Waals surface area contributed by atoms with Gasteiger partial charge in [0.15, 0.2) is 12.5 Å². The van der Waals surface area contributed by atoms with Crippen LogP contribution in [0, 0.1) is 0 Å². The van der Waals surface area contributed by atoms with E-state index in [1.54, 1.807) is 0 Å². The molecule has 0 saturated heterocycles. The molecule has 0 aromatic rings. The van der Waals surface area contributed by atoms with Crippen LogP contribution in [0.3, 0.4) is 0 Å². The summed E-state index contributed by atoms with van der Waals surface area (Å²) in [6.45, 7) is 5.85. The van der Waals surface area contributed by atoms with Crippen molar-refractivity contribution in [2.45, 2.75) is 20.0 Å². The summed E-state index contributed by atoms with van der Waals surface area (Å²) in [5.74, 6) is 0. The molecule has 0 atom stereocenters. The lowest BCUT2D eigenvalue weighted by Crippen LogP contribution is -2.39. The zero-order valence-corrected chi connectivity index (χ0v) is 7.03. The van der Waals surface area contributed by atoms with Crippen molar-refractivity contribution in [3.05, 3.63) is 12.4 Å². The minimum absolute atomic E-state index is 0.0648. The Balaban J connectivity index is 2.61. The smallest absolute Gasteiger partial charge is 0.162 e. The highest BCUT2D eigenvalue weighted by molar-refractivity contribution is 5.58. The van der Waals surface area contributed by atoms with Crippen molar-refractivity contribution in [3.8, 4) is 0 Å². The van der Waals surface area contributed by atoms with Crippen LogP contribution in [0.15, 0.2) is 12.4 Å². The number of hydrogen-bond donors (Lipinski definition) is 0. The molecule has 0 aromatic carbocycles. The molecule has 0 spiro atoms. The third kappa shape index (κ3) is 1.37. The van der Waals surface area contributed by atoms with Gasteiger partial charge in [0, 0.05) is 25.5 Å². The number of carbonyl (C=O) groups is 1. The van der Waals surface area contributed by atoms with Crippen LogP contribution in [-0.4, -0.2) is 35.3 Å². The van der Waals surface area contributed by atoms with Gasteiger partial charge in [0.1, 0.15) is 0 Å². The Hall–Kier alpha value is -0.990. The van der Waals surface area contributed by atoms with E-state index in [1.165, 1.54) is 0 Å². The van der Waals surface area contributed by atoms with E-state index in [1.807, 2.05) is 36.0 Å². The fourth-order valence-corrected chi connectivity index (χ4v) is 1.28. The van der Waals surface area contributed by atoms with Gasteiger partial charge in [-0.25, -0.2) is 0 Å². The minimum atomic E-state index is -0.0648. The molecule has 0 aromatic heterocycles. The summed E-state index contributed by atoms with van der Waals surface area (Å²) < 4.78 is 0. The van der Waals surface area contributed by atoms with Crippen LogP contribution < -0.4 is 0 Å². The normalized spacial score (nSPS) is 18.0. The molecule has 0 N–H and O–H groups in total. The molecule has 0 aliphatic carbocycles.